The monoisotopic (exact) mass is 463 g/mol. The fraction of sp³-hybridized carbons (Fsp3) is 0.409. The molecule has 0 spiro atoms. The van der Waals surface area contributed by atoms with E-state index in [1.54, 1.807) is 11.1 Å². The van der Waals surface area contributed by atoms with E-state index < -0.39 is 6.36 Å². The summed E-state index contributed by atoms with van der Waals surface area (Å²) in [6.45, 7) is 0.920. The van der Waals surface area contributed by atoms with Crippen LogP contribution in [0, 0.1) is 5.92 Å². The molecule has 2 aliphatic heterocycles. The molecule has 2 atom stereocenters. The summed E-state index contributed by atoms with van der Waals surface area (Å²) in [5.74, 6) is -0.869. The van der Waals surface area contributed by atoms with Crippen molar-refractivity contribution in [2.75, 3.05) is 18.4 Å². The standard InChI is InChI=1S/C22H24F3N5O3/c23-22(24,25)33-16-6-4-15(5-7-16)27-20(31)14-8-11-30(12-9-14)21(32)19-13-18(28-29-19)17-3-1-2-10-26-17/h1-7,10,14,18-19,28-29H,8-9,11-13H2,(H,27,31). The molecule has 2 saturated heterocycles. The van der Waals surface area contributed by atoms with E-state index in [1.165, 1.54) is 12.1 Å². The van der Waals surface area contributed by atoms with Crippen LogP contribution in [0.2, 0.25) is 0 Å². The second kappa shape index (κ2) is 9.75. The molecule has 176 valence electrons. The third-order valence-corrected chi connectivity index (χ3v) is 5.78. The minimum Gasteiger partial charge on any atom is -0.406 e. The van der Waals surface area contributed by atoms with Gasteiger partial charge in [-0.3, -0.25) is 14.6 Å². The van der Waals surface area contributed by atoms with Crippen molar-refractivity contribution in [2.24, 2.45) is 5.92 Å². The van der Waals surface area contributed by atoms with Gasteiger partial charge in [0.05, 0.1) is 11.7 Å². The maximum atomic E-state index is 12.9. The number of piperidine rings is 1. The molecule has 4 rings (SSSR count). The van der Waals surface area contributed by atoms with Crippen LogP contribution in [0.1, 0.15) is 31.0 Å². The van der Waals surface area contributed by atoms with Gasteiger partial charge in [-0.25, -0.2) is 10.9 Å². The Labute approximate surface area is 188 Å². The number of aromatic nitrogens is 1. The van der Waals surface area contributed by atoms with Crippen molar-refractivity contribution in [1.82, 2.24) is 20.7 Å². The van der Waals surface area contributed by atoms with Gasteiger partial charge in [0.15, 0.2) is 0 Å². The molecule has 0 aliphatic carbocycles. The number of hydrogen-bond donors (Lipinski definition) is 3. The summed E-state index contributed by atoms with van der Waals surface area (Å²) in [6.07, 6.45) is -1.44. The van der Waals surface area contributed by atoms with Gasteiger partial charge in [-0.15, -0.1) is 13.2 Å². The quantitative estimate of drug-likeness (QED) is 0.631. The third-order valence-electron chi connectivity index (χ3n) is 5.78. The van der Waals surface area contributed by atoms with Crippen LogP contribution in [0.25, 0.3) is 0 Å². The first-order chi connectivity index (χ1) is 15.8. The zero-order valence-corrected chi connectivity index (χ0v) is 17.6. The van der Waals surface area contributed by atoms with E-state index in [0.29, 0.717) is 38.0 Å². The highest BCUT2D eigenvalue weighted by molar-refractivity contribution is 5.93. The number of alkyl halides is 3. The molecule has 8 nitrogen and oxygen atoms in total. The van der Waals surface area contributed by atoms with Crippen molar-refractivity contribution in [1.29, 1.82) is 0 Å². The van der Waals surface area contributed by atoms with Gasteiger partial charge in [0.1, 0.15) is 11.8 Å². The van der Waals surface area contributed by atoms with E-state index in [1.807, 2.05) is 18.2 Å². The molecule has 0 radical (unpaired) electrons. The van der Waals surface area contributed by atoms with E-state index in [-0.39, 0.29) is 35.6 Å². The molecule has 2 unspecified atom stereocenters. The fourth-order valence-electron chi connectivity index (χ4n) is 4.06. The van der Waals surface area contributed by atoms with Crippen LogP contribution in [0.4, 0.5) is 18.9 Å². The lowest BCUT2D eigenvalue weighted by Gasteiger charge is -2.32. The summed E-state index contributed by atoms with van der Waals surface area (Å²) in [7, 11) is 0. The topological polar surface area (TPSA) is 95.6 Å². The number of carbonyl (C=O) groups is 2. The number of rotatable bonds is 5. The lowest BCUT2D eigenvalue weighted by molar-refractivity contribution is -0.274. The predicted octanol–water partition coefficient (Wildman–Crippen LogP) is 2.77. The number of amides is 2. The van der Waals surface area contributed by atoms with Crippen molar-refractivity contribution in [2.45, 2.75) is 37.7 Å². The summed E-state index contributed by atoms with van der Waals surface area (Å²) in [5.41, 5.74) is 7.42. The number of nitrogens with one attached hydrogen (secondary N) is 3. The molecule has 3 heterocycles. The summed E-state index contributed by atoms with van der Waals surface area (Å²) >= 11 is 0. The Kier molecular flexibility index (Phi) is 6.80. The van der Waals surface area contributed by atoms with E-state index in [2.05, 4.69) is 25.9 Å². The van der Waals surface area contributed by atoms with E-state index in [4.69, 9.17) is 0 Å². The number of carbonyl (C=O) groups excluding carboxylic acids is 2. The Morgan fingerprint density at radius 2 is 1.79 bits per heavy atom. The van der Waals surface area contributed by atoms with Crippen LogP contribution < -0.4 is 20.9 Å². The first-order valence-electron chi connectivity index (χ1n) is 10.7. The second-order valence-corrected chi connectivity index (χ2v) is 8.05. The van der Waals surface area contributed by atoms with Crippen molar-refractivity contribution in [3.63, 3.8) is 0 Å². The summed E-state index contributed by atoms with van der Waals surface area (Å²) in [5, 5.41) is 2.72. The highest BCUT2D eigenvalue weighted by Crippen LogP contribution is 2.26. The Hall–Kier alpha value is -3.18. The van der Waals surface area contributed by atoms with Crippen molar-refractivity contribution in [3.8, 4) is 5.75 Å². The number of hydrazine groups is 1. The van der Waals surface area contributed by atoms with Gasteiger partial charge in [-0.1, -0.05) is 6.07 Å². The zero-order valence-electron chi connectivity index (χ0n) is 17.6. The number of benzene rings is 1. The molecule has 2 fully saturated rings. The van der Waals surface area contributed by atoms with Crippen molar-refractivity contribution < 1.29 is 27.5 Å². The highest BCUT2D eigenvalue weighted by atomic mass is 19.4. The molecule has 2 aliphatic rings. The van der Waals surface area contributed by atoms with Gasteiger partial charge in [0.25, 0.3) is 0 Å². The Morgan fingerprint density at radius 3 is 2.42 bits per heavy atom. The first kappa shape index (κ1) is 23.0. The molecular weight excluding hydrogens is 439 g/mol. The Morgan fingerprint density at radius 1 is 1.06 bits per heavy atom. The summed E-state index contributed by atoms with van der Waals surface area (Å²) < 4.78 is 40.6. The molecule has 11 heteroatoms. The third kappa shape index (κ3) is 5.99. The molecule has 3 N–H and O–H groups in total. The zero-order chi connectivity index (χ0) is 23.4. The van der Waals surface area contributed by atoms with Gasteiger partial charge >= 0.3 is 6.36 Å². The molecule has 33 heavy (non-hydrogen) atoms. The maximum absolute atomic E-state index is 12.9. The summed E-state index contributed by atoms with van der Waals surface area (Å²) in [4.78, 5) is 31.5. The number of ether oxygens (including phenoxy) is 1. The molecule has 1 aromatic heterocycles. The molecule has 2 aromatic rings. The van der Waals surface area contributed by atoms with Gasteiger partial charge in [0.2, 0.25) is 11.8 Å². The number of hydrogen-bond acceptors (Lipinski definition) is 6. The van der Waals surface area contributed by atoms with Crippen LogP contribution in [-0.2, 0) is 9.59 Å². The van der Waals surface area contributed by atoms with Gasteiger partial charge < -0.3 is 15.0 Å². The largest absolute Gasteiger partial charge is 0.573 e. The van der Waals surface area contributed by atoms with E-state index >= 15 is 0 Å². The first-order valence-corrected chi connectivity index (χ1v) is 10.7. The lowest BCUT2D eigenvalue weighted by Crippen LogP contribution is -2.49. The molecular formula is C22H24F3N5O3. The fourth-order valence-corrected chi connectivity index (χ4v) is 4.06. The average Bonchev–Trinajstić information content (AvgIpc) is 3.30. The number of halogens is 3. The normalized spacial score (nSPS) is 21.6. The van der Waals surface area contributed by atoms with Crippen LogP contribution in [0.5, 0.6) is 5.75 Å². The van der Waals surface area contributed by atoms with E-state index in [0.717, 1.165) is 17.8 Å². The van der Waals surface area contributed by atoms with E-state index in [9.17, 15) is 22.8 Å². The predicted molar refractivity (Wildman–Crippen MR) is 113 cm³/mol. The summed E-state index contributed by atoms with van der Waals surface area (Å²) in [6, 6.07) is 10.2. The Bertz CT molecular complexity index is 963. The number of likely N-dealkylation sites (tertiary alicyclic amines) is 1. The minimum atomic E-state index is -4.76. The molecule has 0 saturated carbocycles. The number of nitrogens with zero attached hydrogens (tertiary/aromatic N) is 2. The highest BCUT2D eigenvalue weighted by Gasteiger charge is 2.36. The van der Waals surface area contributed by atoms with Gasteiger partial charge in [-0.05, 0) is 55.7 Å². The number of pyridine rings is 1. The SMILES string of the molecule is O=C(Nc1ccc(OC(F)(F)F)cc1)C1CCN(C(=O)C2CC(c3ccccn3)NN2)CC1. The van der Waals surface area contributed by atoms with Crippen molar-refractivity contribution in [3.05, 3.63) is 54.4 Å². The molecule has 2 amide bonds. The van der Waals surface area contributed by atoms with Gasteiger partial charge in [-0.2, -0.15) is 0 Å². The van der Waals surface area contributed by atoms with Crippen LogP contribution >= 0.6 is 0 Å². The minimum absolute atomic E-state index is 0.0138. The van der Waals surface area contributed by atoms with Crippen molar-refractivity contribution >= 4 is 17.5 Å². The smallest absolute Gasteiger partial charge is 0.406 e. The van der Waals surface area contributed by atoms with Gasteiger partial charge in [0, 0.05) is 30.9 Å². The van der Waals surface area contributed by atoms with Crippen LogP contribution in [0.15, 0.2) is 48.7 Å². The molecule has 1 aromatic carbocycles. The number of anilines is 1. The van der Waals surface area contributed by atoms with Crippen LogP contribution in [0.3, 0.4) is 0 Å². The molecule has 0 bridgehead atoms. The Balaban J connectivity index is 1.24. The lowest BCUT2D eigenvalue weighted by atomic mass is 9.95. The average molecular weight is 463 g/mol. The maximum Gasteiger partial charge on any atom is 0.573 e. The second-order valence-electron chi connectivity index (χ2n) is 8.05. The van der Waals surface area contributed by atoms with Crippen LogP contribution in [-0.4, -0.2) is 47.2 Å².